The molecule has 0 unspecified atom stereocenters. The summed E-state index contributed by atoms with van der Waals surface area (Å²) >= 11 is 0. The van der Waals surface area contributed by atoms with Gasteiger partial charge >= 0.3 is 12.0 Å². The smallest absolute Gasteiger partial charge is 0.329 e. The lowest BCUT2D eigenvalue weighted by Gasteiger charge is -2.07. The van der Waals surface area contributed by atoms with Gasteiger partial charge < -0.3 is 20.5 Å². The van der Waals surface area contributed by atoms with Gasteiger partial charge in [-0.25, -0.2) is 9.59 Å². The molecule has 0 aliphatic carbocycles. The maximum atomic E-state index is 11.5. The van der Waals surface area contributed by atoms with E-state index in [4.69, 9.17) is 9.84 Å². The highest BCUT2D eigenvalue weighted by atomic mass is 16.5. The van der Waals surface area contributed by atoms with Crippen LogP contribution in [-0.4, -0.2) is 46.6 Å². The van der Waals surface area contributed by atoms with E-state index in [-0.39, 0.29) is 25.8 Å². The normalized spacial score (nSPS) is 10.3. The number of nitrogens with one attached hydrogen (secondary N) is 2. The zero-order valence-corrected chi connectivity index (χ0v) is 11.7. The Bertz CT molecular complexity index is 458. The van der Waals surface area contributed by atoms with Gasteiger partial charge in [0.25, 0.3) is 0 Å². The zero-order valence-electron chi connectivity index (χ0n) is 11.7. The maximum Gasteiger partial charge on any atom is 0.329 e. The van der Waals surface area contributed by atoms with E-state index in [1.54, 1.807) is 4.68 Å². The third-order valence-corrected chi connectivity index (χ3v) is 2.52. The summed E-state index contributed by atoms with van der Waals surface area (Å²) < 4.78 is 6.51. The zero-order chi connectivity index (χ0) is 15.0. The molecule has 0 aliphatic heterocycles. The number of hydrogen-bond acceptors (Lipinski definition) is 4. The number of aliphatic carboxylic acids is 1. The number of hydrogen-bond donors (Lipinski definition) is 3. The van der Waals surface area contributed by atoms with Crippen LogP contribution in [0, 0.1) is 0 Å². The van der Waals surface area contributed by atoms with E-state index in [0.717, 1.165) is 17.7 Å². The molecule has 8 nitrogen and oxygen atoms in total. The van der Waals surface area contributed by atoms with Gasteiger partial charge in [-0.15, -0.1) is 0 Å². The topological polar surface area (TPSA) is 105 Å². The Hall–Kier alpha value is -2.09. The van der Waals surface area contributed by atoms with Crippen molar-refractivity contribution < 1.29 is 19.4 Å². The highest BCUT2D eigenvalue weighted by molar-refractivity contribution is 5.73. The van der Waals surface area contributed by atoms with Crippen LogP contribution in [0.1, 0.15) is 18.2 Å². The Morgan fingerprint density at radius 1 is 1.45 bits per heavy atom. The van der Waals surface area contributed by atoms with Crippen molar-refractivity contribution in [3.8, 4) is 0 Å². The molecule has 1 aromatic rings. The van der Waals surface area contributed by atoms with Gasteiger partial charge in [-0.3, -0.25) is 4.68 Å². The molecule has 0 spiro atoms. The van der Waals surface area contributed by atoms with E-state index in [1.165, 1.54) is 0 Å². The summed E-state index contributed by atoms with van der Waals surface area (Å²) in [4.78, 5) is 21.7. The summed E-state index contributed by atoms with van der Waals surface area (Å²) in [6.45, 7) is 2.46. The summed E-state index contributed by atoms with van der Waals surface area (Å²) in [6.07, 6.45) is 2.68. The van der Waals surface area contributed by atoms with E-state index in [1.807, 2.05) is 20.2 Å². The van der Waals surface area contributed by atoms with Crippen LogP contribution in [0.15, 0.2) is 6.20 Å². The van der Waals surface area contributed by atoms with E-state index >= 15 is 0 Å². The van der Waals surface area contributed by atoms with Gasteiger partial charge in [0, 0.05) is 31.9 Å². The predicted octanol–water partition coefficient (Wildman–Crippen LogP) is -0.117. The van der Waals surface area contributed by atoms with Crippen LogP contribution in [0.2, 0.25) is 0 Å². The van der Waals surface area contributed by atoms with Crippen molar-refractivity contribution in [3.05, 3.63) is 17.5 Å². The van der Waals surface area contributed by atoms with Gasteiger partial charge in [-0.2, -0.15) is 5.10 Å². The second-order valence-electron chi connectivity index (χ2n) is 4.18. The van der Waals surface area contributed by atoms with Crippen molar-refractivity contribution in [1.29, 1.82) is 0 Å². The van der Waals surface area contributed by atoms with Crippen LogP contribution in [0.4, 0.5) is 4.79 Å². The lowest BCUT2D eigenvalue weighted by atomic mass is 10.2. The van der Waals surface area contributed by atoms with Crippen LogP contribution in [0.3, 0.4) is 0 Å². The number of carboxylic acids is 1. The van der Waals surface area contributed by atoms with E-state index in [2.05, 4.69) is 15.7 Å². The summed E-state index contributed by atoms with van der Waals surface area (Å²) in [5.74, 6) is -1.03. The number of carbonyl (C=O) groups is 2. The molecule has 0 aliphatic rings. The molecular weight excluding hydrogens is 264 g/mol. The molecule has 0 saturated heterocycles. The number of rotatable bonds is 8. The molecule has 112 valence electrons. The molecule has 0 bridgehead atoms. The molecule has 1 aromatic heterocycles. The Kier molecular flexibility index (Phi) is 6.51. The molecular formula is C12H20N4O4. The van der Waals surface area contributed by atoms with Crippen molar-refractivity contribution >= 4 is 12.0 Å². The number of aryl methyl sites for hydroxylation is 2. The quantitative estimate of drug-likeness (QED) is 0.577. The van der Waals surface area contributed by atoms with Crippen LogP contribution in [0.5, 0.6) is 0 Å². The minimum atomic E-state index is -1.03. The van der Waals surface area contributed by atoms with Crippen molar-refractivity contribution in [2.75, 3.05) is 19.8 Å². The van der Waals surface area contributed by atoms with Crippen molar-refractivity contribution in [2.45, 2.75) is 19.9 Å². The van der Waals surface area contributed by atoms with Crippen LogP contribution >= 0.6 is 0 Å². The average Bonchev–Trinajstić information content (AvgIpc) is 2.76. The van der Waals surface area contributed by atoms with Gasteiger partial charge in [0.2, 0.25) is 0 Å². The fourth-order valence-electron chi connectivity index (χ4n) is 1.66. The minimum Gasteiger partial charge on any atom is -0.480 e. The minimum absolute atomic E-state index is 0.160. The fraction of sp³-hybridized carbons (Fsp3) is 0.583. The SMILES string of the molecule is CCc1nn(C)cc1CNC(=O)NCCOCC(=O)O. The molecule has 1 rings (SSSR count). The number of carboxylic acid groups (broad SMARTS) is 1. The first kappa shape index (κ1) is 16.0. The van der Waals surface area contributed by atoms with Crippen molar-refractivity contribution in [1.82, 2.24) is 20.4 Å². The molecule has 0 fully saturated rings. The Balaban J connectivity index is 2.21. The second kappa shape index (κ2) is 8.16. The van der Waals surface area contributed by atoms with Crippen molar-refractivity contribution in [2.24, 2.45) is 7.05 Å². The fourth-order valence-corrected chi connectivity index (χ4v) is 1.66. The van der Waals surface area contributed by atoms with E-state index in [0.29, 0.717) is 6.54 Å². The lowest BCUT2D eigenvalue weighted by Crippen LogP contribution is -2.37. The molecule has 0 aromatic carbocycles. The van der Waals surface area contributed by atoms with Gasteiger partial charge in [-0.05, 0) is 6.42 Å². The predicted molar refractivity (Wildman–Crippen MR) is 71.3 cm³/mol. The summed E-state index contributed by atoms with van der Waals surface area (Å²) in [5, 5.41) is 17.9. The van der Waals surface area contributed by atoms with Gasteiger partial charge in [-0.1, -0.05) is 6.92 Å². The highest BCUT2D eigenvalue weighted by Gasteiger charge is 2.07. The second-order valence-corrected chi connectivity index (χ2v) is 4.18. The molecule has 8 heteroatoms. The summed E-state index contributed by atoms with van der Waals surface area (Å²) in [7, 11) is 1.84. The third kappa shape index (κ3) is 5.70. The number of aromatic nitrogens is 2. The number of carbonyl (C=O) groups excluding carboxylic acids is 1. The molecule has 0 radical (unpaired) electrons. The van der Waals surface area contributed by atoms with Crippen LogP contribution in [0.25, 0.3) is 0 Å². The number of urea groups is 1. The molecule has 1 heterocycles. The van der Waals surface area contributed by atoms with Crippen LogP contribution < -0.4 is 10.6 Å². The van der Waals surface area contributed by atoms with E-state index in [9.17, 15) is 9.59 Å². The standard InChI is InChI=1S/C12H20N4O4/c1-3-10-9(7-16(2)15-10)6-14-12(19)13-4-5-20-8-11(17)18/h7H,3-6,8H2,1-2H3,(H,17,18)(H2,13,14,19). The Morgan fingerprint density at radius 3 is 2.85 bits per heavy atom. The van der Waals surface area contributed by atoms with E-state index < -0.39 is 5.97 Å². The summed E-state index contributed by atoms with van der Waals surface area (Å²) in [6, 6.07) is -0.324. The van der Waals surface area contributed by atoms with Gasteiger partial charge in [0.05, 0.1) is 12.3 Å². The third-order valence-electron chi connectivity index (χ3n) is 2.52. The number of nitrogens with zero attached hydrogens (tertiary/aromatic N) is 2. The molecule has 3 N–H and O–H groups in total. The largest absolute Gasteiger partial charge is 0.480 e. The van der Waals surface area contributed by atoms with Crippen LogP contribution in [-0.2, 0) is 29.5 Å². The van der Waals surface area contributed by atoms with Crippen molar-refractivity contribution in [3.63, 3.8) is 0 Å². The molecule has 0 saturated carbocycles. The Labute approximate surface area is 117 Å². The first-order valence-electron chi connectivity index (χ1n) is 6.35. The maximum absolute atomic E-state index is 11.5. The summed E-state index contributed by atoms with van der Waals surface area (Å²) in [5.41, 5.74) is 1.94. The Morgan fingerprint density at radius 2 is 2.20 bits per heavy atom. The lowest BCUT2D eigenvalue weighted by molar-refractivity contribution is -0.142. The number of amides is 2. The molecule has 0 atom stereocenters. The molecule has 2 amide bonds. The molecule has 20 heavy (non-hydrogen) atoms. The van der Waals surface area contributed by atoms with Gasteiger partial charge in [0.1, 0.15) is 6.61 Å². The monoisotopic (exact) mass is 284 g/mol. The first-order valence-corrected chi connectivity index (χ1v) is 6.35. The average molecular weight is 284 g/mol. The number of ether oxygens (including phenoxy) is 1. The highest BCUT2D eigenvalue weighted by Crippen LogP contribution is 2.06. The first-order chi connectivity index (χ1) is 9.52. The van der Waals surface area contributed by atoms with Gasteiger partial charge in [0.15, 0.2) is 0 Å².